The number of hydrogen-bond donors (Lipinski definition) is 2. The van der Waals surface area contributed by atoms with E-state index in [2.05, 4.69) is 5.32 Å². The molecule has 0 heterocycles. The molecule has 0 aliphatic heterocycles. The second-order valence-corrected chi connectivity index (χ2v) is 6.31. The molecule has 0 spiro atoms. The summed E-state index contributed by atoms with van der Waals surface area (Å²) >= 11 is 0. The summed E-state index contributed by atoms with van der Waals surface area (Å²) in [6, 6.07) is 9.45. The van der Waals surface area contributed by atoms with E-state index in [0.29, 0.717) is 12.8 Å². The Hall–Kier alpha value is -2.04. The highest BCUT2D eigenvalue weighted by Gasteiger charge is 2.34. The van der Waals surface area contributed by atoms with E-state index in [1.165, 1.54) is 6.42 Å². The molecule has 1 fully saturated rings. The number of ether oxygens (including phenoxy) is 1. The zero-order chi connectivity index (χ0) is 16.5. The molecule has 0 unspecified atom stereocenters. The topological polar surface area (TPSA) is 75.6 Å². The molecular weight excluding hydrogens is 294 g/mol. The summed E-state index contributed by atoms with van der Waals surface area (Å²) in [7, 11) is 0. The quantitative estimate of drug-likeness (QED) is 0.864. The average Bonchev–Trinajstić information content (AvgIpc) is 2.50. The van der Waals surface area contributed by atoms with Crippen molar-refractivity contribution in [3.63, 3.8) is 0 Å². The maximum atomic E-state index is 12.1. The number of hydrogen-bond acceptors (Lipinski definition) is 3. The van der Waals surface area contributed by atoms with Gasteiger partial charge in [-0.05, 0) is 18.4 Å². The van der Waals surface area contributed by atoms with Crippen molar-refractivity contribution in [2.75, 3.05) is 0 Å². The Kier molecular flexibility index (Phi) is 6.44. The van der Waals surface area contributed by atoms with Crippen LogP contribution in [0.25, 0.3) is 0 Å². The molecule has 5 nitrogen and oxygen atoms in total. The Morgan fingerprint density at radius 2 is 1.65 bits per heavy atom. The number of aliphatic carboxylic acids is 1. The number of carboxylic acids is 1. The molecule has 0 radical (unpaired) electrons. The van der Waals surface area contributed by atoms with E-state index in [9.17, 15) is 14.7 Å². The highest BCUT2D eigenvalue weighted by Crippen LogP contribution is 2.29. The van der Waals surface area contributed by atoms with E-state index in [-0.39, 0.29) is 13.0 Å². The molecule has 2 N–H and O–H groups in total. The van der Waals surface area contributed by atoms with Crippen LogP contribution in [0, 0.1) is 0 Å². The number of amides is 1. The van der Waals surface area contributed by atoms with Crippen LogP contribution < -0.4 is 5.32 Å². The number of rotatable bonds is 5. The highest BCUT2D eigenvalue weighted by atomic mass is 16.5. The molecule has 1 aromatic carbocycles. The molecule has 1 amide bonds. The Morgan fingerprint density at radius 3 is 2.26 bits per heavy atom. The van der Waals surface area contributed by atoms with Crippen molar-refractivity contribution in [3.05, 3.63) is 35.9 Å². The van der Waals surface area contributed by atoms with E-state index >= 15 is 0 Å². The lowest BCUT2D eigenvalue weighted by molar-refractivity contribution is -0.138. The third kappa shape index (κ3) is 5.93. The molecule has 0 saturated heterocycles. The minimum atomic E-state index is -0.881. The molecule has 1 aliphatic rings. The lowest BCUT2D eigenvalue weighted by Gasteiger charge is -2.34. The first-order chi connectivity index (χ1) is 11.1. The number of benzene rings is 1. The van der Waals surface area contributed by atoms with Crippen LogP contribution in [0.2, 0.25) is 0 Å². The zero-order valence-electron chi connectivity index (χ0n) is 13.4. The van der Waals surface area contributed by atoms with E-state index < -0.39 is 17.6 Å². The summed E-state index contributed by atoms with van der Waals surface area (Å²) in [6.07, 6.45) is 6.03. The van der Waals surface area contributed by atoms with E-state index in [1.807, 2.05) is 30.3 Å². The third-order valence-electron chi connectivity index (χ3n) is 4.38. The van der Waals surface area contributed by atoms with Crippen molar-refractivity contribution in [2.24, 2.45) is 0 Å². The molecule has 5 heteroatoms. The van der Waals surface area contributed by atoms with Crippen molar-refractivity contribution in [1.82, 2.24) is 5.32 Å². The fraction of sp³-hybridized carbons (Fsp3) is 0.556. The molecule has 2 rings (SSSR count). The van der Waals surface area contributed by atoms with Crippen molar-refractivity contribution in [3.8, 4) is 0 Å². The van der Waals surface area contributed by atoms with Gasteiger partial charge in [0.25, 0.3) is 0 Å². The van der Waals surface area contributed by atoms with Gasteiger partial charge in [0, 0.05) is 0 Å². The van der Waals surface area contributed by atoms with Crippen LogP contribution in [0.1, 0.15) is 56.9 Å². The van der Waals surface area contributed by atoms with Gasteiger partial charge in [0.05, 0.1) is 12.0 Å². The van der Waals surface area contributed by atoms with Gasteiger partial charge >= 0.3 is 12.1 Å². The first-order valence-corrected chi connectivity index (χ1v) is 8.30. The summed E-state index contributed by atoms with van der Waals surface area (Å²) in [5.74, 6) is -0.881. The van der Waals surface area contributed by atoms with Gasteiger partial charge in [0.2, 0.25) is 0 Å². The van der Waals surface area contributed by atoms with Gasteiger partial charge in [-0.15, -0.1) is 0 Å². The lowest BCUT2D eigenvalue weighted by atomic mass is 9.81. The van der Waals surface area contributed by atoms with Crippen molar-refractivity contribution >= 4 is 12.1 Å². The summed E-state index contributed by atoms with van der Waals surface area (Å²) < 4.78 is 5.27. The van der Waals surface area contributed by atoms with Crippen LogP contribution in [-0.2, 0) is 16.1 Å². The minimum absolute atomic E-state index is 0.0482. The third-order valence-corrected chi connectivity index (χ3v) is 4.38. The normalized spacial score (nSPS) is 17.6. The smallest absolute Gasteiger partial charge is 0.407 e. The standard InChI is InChI=1S/C18H25NO4/c20-16(21)13-18(11-7-2-1-3-8-12-18)19-17(22)23-14-15-9-5-4-6-10-15/h4-6,9-10H,1-3,7-8,11-14H2,(H,19,22)(H,20,21). The van der Waals surface area contributed by atoms with Crippen molar-refractivity contribution < 1.29 is 19.4 Å². The van der Waals surface area contributed by atoms with Crippen molar-refractivity contribution in [2.45, 2.75) is 63.5 Å². The second-order valence-electron chi connectivity index (χ2n) is 6.31. The van der Waals surface area contributed by atoms with Crippen LogP contribution in [0.5, 0.6) is 0 Å². The number of carbonyl (C=O) groups excluding carboxylic acids is 1. The first kappa shape index (κ1) is 17.3. The van der Waals surface area contributed by atoms with Gasteiger partial charge in [-0.1, -0.05) is 62.4 Å². The van der Waals surface area contributed by atoms with Gasteiger partial charge in [-0.25, -0.2) is 4.79 Å². The lowest BCUT2D eigenvalue weighted by Crippen LogP contribution is -2.50. The second kappa shape index (κ2) is 8.56. The minimum Gasteiger partial charge on any atom is -0.481 e. The SMILES string of the molecule is O=C(O)CC1(NC(=O)OCc2ccccc2)CCCCCCC1. The zero-order valence-corrected chi connectivity index (χ0v) is 13.4. The maximum Gasteiger partial charge on any atom is 0.407 e. The summed E-state index contributed by atoms with van der Waals surface area (Å²) in [4.78, 5) is 23.4. The van der Waals surface area contributed by atoms with Crippen LogP contribution in [0.3, 0.4) is 0 Å². The van der Waals surface area contributed by atoms with Crippen LogP contribution >= 0.6 is 0 Å². The van der Waals surface area contributed by atoms with Crippen LogP contribution in [0.15, 0.2) is 30.3 Å². The Balaban J connectivity index is 1.95. The van der Waals surface area contributed by atoms with E-state index in [0.717, 1.165) is 31.2 Å². The van der Waals surface area contributed by atoms with Gasteiger partial charge in [-0.2, -0.15) is 0 Å². The van der Waals surface area contributed by atoms with Gasteiger partial charge in [0.15, 0.2) is 0 Å². The molecule has 0 aromatic heterocycles. The Labute approximate surface area is 137 Å². The van der Waals surface area contributed by atoms with Gasteiger partial charge < -0.3 is 15.2 Å². The van der Waals surface area contributed by atoms with Crippen LogP contribution in [-0.4, -0.2) is 22.7 Å². The molecular formula is C18H25NO4. The fourth-order valence-corrected chi connectivity index (χ4v) is 3.19. The molecule has 0 atom stereocenters. The maximum absolute atomic E-state index is 12.1. The number of alkyl carbamates (subject to hydrolysis) is 1. The molecule has 0 bridgehead atoms. The fourth-order valence-electron chi connectivity index (χ4n) is 3.19. The highest BCUT2D eigenvalue weighted by molar-refractivity contribution is 5.72. The summed E-state index contributed by atoms with van der Waals surface area (Å²) in [5.41, 5.74) is 0.229. The Bertz CT molecular complexity index is 507. The predicted molar refractivity (Wildman–Crippen MR) is 87.1 cm³/mol. The molecule has 126 valence electrons. The van der Waals surface area contributed by atoms with Crippen LogP contribution in [0.4, 0.5) is 4.79 Å². The summed E-state index contributed by atoms with van der Waals surface area (Å²) in [6.45, 7) is 0.190. The van der Waals surface area contributed by atoms with Gasteiger partial charge in [-0.3, -0.25) is 4.79 Å². The van der Waals surface area contributed by atoms with Gasteiger partial charge in [0.1, 0.15) is 6.61 Å². The van der Waals surface area contributed by atoms with Crippen molar-refractivity contribution in [1.29, 1.82) is 0 Å². The summed E-state index contributed by atoms with van der Waals surface area (Å²) in [5, 5.41) is 12.1. The molecule has 1 aromatic rings. The first-order valence-electron chi connectivity index (χ1n) is 8.30. The predicted octanol–water partition coefficient (Wildman–Crippen LogP) is 3.87. The molecule has 1 aliphatic carbocycles. The average molecular weight is 319 g/mol. The number of carbonyl (C=O) groups is 2. The molecule has 23 heavy (non-hydrogen) atoms. The van der Waals surface area contributed by atoms with E-state index in [4.69, 9.17) is 4.74 Å². The monoisotopic (exact) mass is 319 g/mol. The number of carboxylic acid groups (broad SMARTS) is 1. The van der Waals surface area contributed by atoms with E-state index in [1.54, 1.807) is 0 Å². The largest absolute Gasteiger partial charge is 0.481 e. The molecule has 1 saturated carbocycles. The Morgan fingerprint density at radius 1 is 1.04 bits per heavy atom. The number of nitrogens with one attached hydrogen (secondary N) is 1.